The van der Waals surface area contributed by atoms with E-state index in [2.05, 4.69) is 10.6 Å². The van der Waals surface area contributed by atoms with Crippen molar-refractivity contribution < 1.29 is 24.9 Å². The van der Waals surface area contributed by atoms with E-state index in [0.29, 0.717) is 12.8 Å². The monoisotopic (exact) mass is 318 g/mol. The first-order valence-electron chi connectivity index (χ1n) is 7.65. The van der Waals surface area contributed by atoms with Crippen molar-refractivity contribution in [2.24, 2.45) is 11.8 Å². The van der Waals surface area contributed by atoms with Crippen molar-refractivity contribution >= 4 is 11.8 Å². The molecule has 0 saturated heterocycles. The van der Waals surface area contributed by atoms with Crippen LogP contribution in [0.25, 0.3) is 0 Å². The molecular formula is C15H30N2O5. The van der Waals surface area contributed by atoms with Crippen LogP contribution < -0.4 is 10.6 Å². The van der Waals surface area contributed by atoms with Gasteiger partial charge >= 0.3 is 0 Å². The van der Waals surface area contributed by atoms with Crippen molar-refractivity contribution in [3.05, 3.63) is 0 Å². The largest absolute Gasteiger partial charge is 0.394 e. The molecule has 0 heterocycles. The number of amides is 2. The van der Waals surface area contributed by atoms with Gasteiger partial charge in [-0.3, -0.25) is 9.59 Å². The Kier molecular flexibility index (Phi) is 9.24. The number of carbonyl (C=O) groups excluding carboxylic acids is 2. The van der Waals surface area contributed by atoms with Crippen LogP contribution >= 0.6 is 0 Å². The third kappa shape index (κ3) is 8.96. The molecule has 0 aliphatic rings. The third-order valence-electron chi connectivity index (χ3n) is 3.45. The lowest BCUT2D eigenvalue weighted by atomic mass is 9.93. The summed E-state index contributed by atoms with van der Waals surface area (Å²) in [7, 11) is 0. The molecule has 5 N–H and O–H groups in total. The van der Waals surface area contributed by atoms with Crippen LogP contribution in [0.1, 0.15) is 40.5 Å². The van der Waals surface area contributed by atoms with Gasteiger partial charge in [0.25, 0.3) is 0 Å². The van der Waals surface area contributed by atoms with Gasteiger partial charge in [-0.25, -0.2) is 0 Å². The minimum atomic E-state index is -1.08. The van der Waals surface area contributed by atoms with Crippen LogP contribution in [0, 0.1) is 11.8 Å². The van der Waals surface area contributed by atoms with Crippen molar-refractivity contribution in [2.75, 3.05) is 19.7 Å². The molecular weight excluding hydrogens is 288 g/mol. The molecule has 0 aromatic rings. The molecule has 0 fully saturated rings. The molecule has 3 atom stereocenters. The highest BCUT2D eigenvalue weighted by molar-refractivity contribution is 5.78. The van der Waals surface area contributed by atoms with Gasteiger partial charge in [-0.05, 0) is 19.8 Å². The first-order chi connectivity index (χ1) is 10.1. The Labute approximate surface area is 132 Å². The Morgan fingerprint density at radius 1 is 1.14 bits per heavy atom. The minimum Gasteiger partial charge on any atom is -0.394 e. The summed E-state index contributed by atoms with van der Waals surface area (Å²) in [5.41, 5.74) is -1.08. The van der Waals surface area contributed by atoms with Crippen molar-refractivity contribution in [2.45, 2.75) is 52.2 Å². The molecule has 0 bridgehead atoms. The predicted octanol–water partition coefficient (Wildman–Crippen LogP) is -0.605. The Balaban J connectivity index is 4.12. The molecule has 0 aliphatic carbocycles. The zero-order valence-corrected chi connectivity index (χ0v) is 13.9. The van der Waals surface area contributed by atoms with Crippen molar-refractivity contribution in [1.82, 2.24) is 10.6 Å². The summed E-state index contributed by atoms with van der Waals surface area (Å²) < 4.78 is 0. The second-order valence-electron chi connectivity index (χ2n) is 6.39. The van der Waals surface area contributed by atoms with Gasteiger partial charge in [0.05, 0.1) is 18.3 Å². The molecule has 0 saturated carbocycles. The van der Waals surface area contributed by atoms with Gasteiger partial charge in [-0.2, -0.15) is 0 Å². The van der Waals surface area contributed by atoms with E-state index in [1.165, 1.54) is 0 Å². The second kappa shape index (κ2) is 9.76. The van der Waals surface area contributed by atoms with Crippen LogP contribution in [-0.4, -0.2) is 58.5 Å². The Morgan fingerprint density at radius 3 is 2.23 bits per heavy atom. The fourth-order valence-electron chi connectivity index (χ4n) is 1.69. The van der Waals surface area contributed by atoms with Gasteiger partial charge < -0.3 is 26.0 Å². The molecule has 0 spiro atoms. The van der Waals surface area contributed by atoms with E-state index in [0.717, 1.165) is 0 Å². The van der Waals surface area contributed by atoms with Crippen molar-refractivity contribution in [3.8, 4) is 0 Å². The average Bonchev–Trinajstić information content (AvgIpc) is 2.47. The molecule has 22 heavy (non-hydrogen) atoms. The maximum absolute atomic E-state index is 11.8. The van der Waals surface area contributed by atoms with E-state index in [9.17, 15) is 14.7 Å². The Hall–Kier alpha value is -1.18. The standard InChI is InChI=1S/C15H30N2O5/c1-10(2)13(20)17-9-15(4,22)6-5-11(3)14(21)16-7-12(19)8-18/h10-12,18-19,22H,5-9H2,1-4H3,(H,16,21)(H,17,20). The number of hydrogen-bond donors (Lipinski definition) is 5. The SMILES string of the molecule is CC(C)C(=O)NCC(C)(O)CCC(C)C(=O)NCC(O)CO. The molecule has 0 rings (SSSR count). The predicted molar refractivity (Wildman–Crippen MR) is 83.0 cm³/mol. The maximum Gasteiger partial charge on any atom is 0.222 e. The molecule has 7 heteroatoms. The fraction of sp³-hybridized carbons (Fsp3) is 0.867. The quantitative estimate of drug-likeness (QED) is 0.368. The summed E-state index contributed by atoms with van der Waals surface area (Å²) in [6, 6.07) is 0. The van der Waals surface area contributed by atoms with E-state index in [1.807, 2.05) is 0 Å². The first-order valence-corrected chi connectivity index (χ1v) is 7.65. The number of nitrogens with one attached hydrogen (secondary N) is 2. The third-order valence-corrected chi connectivity index (χ3v) is 3.45. The lowest BCUT2D eigenvalue weighted by Gasteiger charge is -2.25. The molecule has 0 aliphatic heterocycles. The van der Waals surface area contributed by atoms with E-state index < -0.39 is 18.3 Å². The van der Waals surface area contributed by atoms with Crippen LogP contribution in [-0.2, 0) is 9.59 Å². The number of hydrogen-bond acceptors (Lipinski definition) is 5. The molecule has 2 amide bonds. The van der Waals surface area contributed by atoms with E-state index in [4.69, 9.17) is 10.2 Å². The summed E-state index contributed by atoms with van der Waals surface area (Å²) >= 11 is 0. The number of carbonyl (C=O) groups is 2. The normalized spacial score (nSPS) is 16.7. The van der Waals surface area contributed by atoms with E-state index >= 15 is 0 Å². The van der Waals surface area contributed by atoms with Gasteiger partial charge in [0.1, 0.15) is 0 Å². The topological polar surface area (TPSA) is 119 Å². The molecule has 0 radical (unpaired) electrons. The number of aliphatic hydroxyl groups is 3. The van der Waals surface area contributed by atoms with Gasteiger partial charge in [-0.1, -0.05) is 20.8 Å². The zero-order valence-electron chi connectivity index (χ0n) is 13.9. The average molecular weight is 318 g/mol. The summed E-state index contributed by atoms with van der Waals surface area (Å²) in [5, 5.41) is 33.3. The fourth-order valence-corrected chi connectivity index (χ4v) is 1.69. The summed E-state index contributed by atoms with van der Waals surface area (Å²) in [6.45, 7) is 6.63. The van der Waals surface area contributed by atoms with Crippen LogP contribution in [0.5, 0.6) is 0 Å². The second-order valence-corrected chi connectivity index (χ2v) is 6.39. The zero-order chi connectivity index (χ0) is 17.3. The van der Waals surface area contributed by atoms with Crippen molar-refractivity contribution in [3.63, 3.8) is 0 Å². The lowest BCUT2D eigenvalue weighted by Crippen LogP contribution is -2.43. The molecule has 7 nitrogen and oxygen atoms in total. The lowest BCUT2D eigenvalue weighted by molar-refractivity contribution is -0.127. The van der Waals surface area contributed by atoms with Crippen LogP contribution in [0.15, 0.2) is 0 Å². The smallest absolute Gasteiger partial charge is 0.222 e. The summed E-state index contributed by atoms with van der Waals surface area (Å²) in [5.74, 6) is -0.838. The summed E-state index contributed by atoms with van der Waals surface area (Å²) in [4.78, 5) is 23.3. The van der Waals surface area contributed by atoms with Crippen LogP contribution in [0.3, 0.4) is 0 Å². The first kappa shape index (κ1) is 20.8. The van der Waals surface area contributed by atoms with Crippen molar-refractivity contribution in [1.29, 1.82) is 0 Å². The molecule has 0 aromatic heterocycles. The van der Waals surface area contributed by atoms with Gasteiger partial charge in [0.2, 0.25) is 11.8 Å². The van der Waals surface area contributed by atoms with Gasteiger partial charge in [0.15, 0.2) is 0 Å². The minimum absolute atomic E-state index is 0.000508. The number of rotatable bonds is 10. The maximum atomic E-state index is 11.8. The van der Waals surface area contributed by atoms with E-state index in [-0.39, 0.29) is 36.7 Å². The molecule has 0 aromatic carbocycles. The van der Waals surface area contributed by atoms with Crippen LogP contribution in [0.4, 0.5) is 0 Å². The molecule has 3 unspecified atom stereocenters. The van der Waals surface area contributed by atoms with Crippen LogP contribution in [0.2, 0.25) is 0 Å². The summed E-state index contributed by atoms with van der Waals surface area (Å²) in [6.07, 6.45) is -0.154. The van der Waals surface area contributed by atoms with E-state index in [1.54, 1.807) is 27.7 Å². The highest BCUT2D eigenvalue weighted by Crippen LogP contribution is 2.16. The van der Waals surface area contributed by atoms with Gasteiger partial charge in [0, 0.05) is 24.9 Å². The Morgan fingerprint density at radius 2 is 1.73 bits per heavy atom. The number of aliphatic hydroxyl groups excluding tert-OH is 2. The molecule has 130 valence electrons. The Bertz CT molecular complexity index is 358. The highest BCUT2D eigenvalue weighted by atomic mass is 16.3. The van der Waals surface area contributed by atoms with Gasteiger partial charge in [-0.15, -0.1) is 0 Å². The highest BCUT2D eigenvalue weighted by Gasteiger charge is 2.24.